The van der Waals surface area contributed by atoms with Crippen LogP contribution in [0, 0.1) is 6.07 Å². The third kappa shape index (κ3) is 1.73. The van der Waals surface area contributed by atoms with Crippen LogP contribution in [0.4, 0.5) is 0 Å². The Kier molecular flexibility index (Phi) is 2.58. The Morgan fingerprint density at radius 3 is 2.38 bits per heavy atom. The molecule has 0 atom stereocenters. The average Bonchev–Trinajstić information content (AvgIpc) is 2.57. The van der Waals surface area contributed by atoms with E-state index < -0.39 is 0 Å². The van der Waals surface area contributed by atoms with Crippen LogP contribution in [0.1, 0.15) is 0 Å². The van der Waals surface area contributed by atoms with Crippen molar-refractivity contribution >= 4 is 34.5 Å². The predicted octanol–water partition coefficient (Wildman–Crippen LogP) is 4.52. The number of hydrogen-bond donors (Lipinski definition) is 0. The van der Waals surface area contributed by atoms with Gasteiger partial charge in [0.15, 0.2) is 0 Å². The van der Waals surface area contributed by atoms with E-state index in [2.05, 4.69) is 6.07 Å². The lowest BCUT2D eigenvalue weighted by Crippen LogP contribution is -1.76. The van der Waals surface area contributed by atoms with Crippen molar-refractivity contribution in [1.82, 2.24) is 0 Å². The summed E-state index contributed by atoms with van der Waals surface area (Å²) in [6, 6.07) is 10.4. The van der Waals surface area contributed by atoms with E-state index in [9.17, 15) is 0 Å². The van der Waals surface area contributed by atoms with Crippen molar-refractivity contribution < 1.29 is 0 Å². The molecule has 0 fully saturated rings. The molecule has 0 nitrogen and oxygen atoms in total. The van der Waals surface area contributed by atoms with Gasteiger partial charge in [0.05, 0.1) is 10.0 Å². The number of hydrogen-bond acceptors (Lipinski definition) is 1. The van der Waals surface area contributed by atoms with Crippen LogP contribution in [-0.2, 0) is 0 Å². The highest BCUT2D eigenvalue weighted by molar-refractivity contribution is 7.13. The Bertz CT molecular complexity index is 387. The van der Waals surface area contributed by atoms with Crippen LogP contribution < -0.4 is 0 Å². The fourth-order valence-corrected chi connectivity index (χ4v) is 2.56. The number of thiophene rings is 1. The minimum absolute atomic E-state index is 0.684. The molecule has 1 radical (unpaired) electrons. The smallest absolute Gasteiger partial charge is 0.0507 e. The summed E-state index contributed by atoms with van der Waals surface area (Å²) in [5.74, 6) is 0. The topological polar surface area (TPSA) is 0 Å². The van der Waals surface area contributed by atoms with Gasteiger partial charge in [0.2, 0.25) is 0 Å². The molecule has 0 aliphatic rings. The third-order valence-corrected chi connectivity index (χ3v) is 3.14. The number of benzene rings is 1. The molecule has 3 heteroatoms. The zero-order valence-electron chi connectivity index (χ0n) is 6.55. The van der Waals surface area contributed by atoms with Gasteiger partial charge in [0.1, 0.15) is 0 Å². The molecule has 65 valence electrons. The van der Waals surface area contributed by atoms with E-state index in [-0.39, 0.29) is 0 Å². The van der Waals surface area contributed by atoms with Crippen molar-refractivity contribution in [3.63, 3.8) is 0 Å². The Labute approximate surface area is 90.7 Å². The van der Waals surface area contributed by atoms with E-state index in [1.807, 2.05) is 29.6 Å². The van der Waals surface area contributed by atoms with Crippen molar-refractivity contribution in [1.29, 1.82) is 0 Å². The minimum Gasteiger partial charge on any atom is -0.143 e. The molecule has 0 aliphatic carbocycles. The van der Waals surface area contributed by atoms with Crippen LogP contribution >= 0.6 is 34.5 Å². The van der Waals surface area contributed by atoms with Crippen molar-refractivity contribution in [2.75, 3.05) is 0 Å². The van der Waals surface area contributed by atoms with Crippen molar-refractivity contribution in [3.8, 4) is 10.4 Å². The maximum absolute atomic E-state index is 6.03. The molecule has 0 aliphatic heterocycles. The minimum atomic E-state index is 0.684. The summed E-state index contributed by atoms with van der Waals surface area (Å²) in [6.07, 6.45) is 0. The maximum atomic E-state index is 6.03. The van der Waals surface area contributed by atoms with Crippen molar-refractivity contribution in [2.45, 2.75) is 0 Å². The van der Waals surface area contributed by atoms with E-state index >= 15 is 0 Å². The fourth-order valence-electron chi connectivity index (χ4n) is 1.11. The summed E-state index contributed by atoms with van der Waals surface area (Å²) >= 11 is 13.6. The lowest BCUT2D eigenvalue weighted by molar-refractivity contribution is 1.69. The van der Waals surface area contributed by atoms with Crippen LogP contribution in [0.25, 0.3) is 10.4 Å². The number of halogens is 2. The highest BCUT2D eigenvalue weighted by Gasteiger charge is 2.07. The predicted molar refractivity (Wildman–Crippen MR) is 58.6 cm³/mol. The summed E-state index contributed by atoms with van der Waals surface area (Å²) in [5.41, 5.74) is 0.900. The standard InChI is InChI=1S/C10H5Cl2S/c11-7-3-1-4-8(12)10(7)9-5-2-6-13-9/h1,3-6H. The van der Waals surface area contributed by atoms with Crippen molar-refractivity contribution in [3.05, 3.63) is 45.8 Å². The molecular weight excluding hydrogens is 223 g/mol. The van der Waals surface area contributed by atoms with Gasteiger partial charge in [0.25, 0.3) is 0 Å². The molecule has 0 spiro atoms. The van der Waals surface area contributed by atoms with Gasteiger partial charge in [0, 0.05) is 10.4 Å². The second-order valence-electron chi connectivity index (χ2n) is 2.51. The second kappa shape index (κ2) is 3.70. The molecule has 0 saturated carbocycles. The molecule has 1 aromatic carbocycles. The summed E-state index contributed by atoms with van der Waals surface area (Å²) in [5, 5.41) is 3.25. The molecule has 0 unspecified atom stereocenters. The molecule has 0 bridgehead atoms. The Morgan fingerprint density at radius 2 is 1.85 bits per heavy atom. The van der Waals surface area contributed by atoms with Crippen LogP contribution in [0.2, 0.25) is 10.0 Å². The lowest BCUT2D eigenvalue weighted by Gasteiger charge is -2.02. The Balaban J connectivity index is 2.64. The molecular formula is C10H5Cl2S. The summed E-state index contributed by atoms with van der Waals surface area (Å²) in [7, 11) is 0. The van der Waals surface area contributed by atoms with Crippen LogP contribution in [-0.4, -0.2) is 0 Å². The van der Waals surface area contributed by atoms with Gasteiger partial charge < -0.3 is 0 Å². The lowest BCUT2D eigenvalue weighted by atomic mass is 10.2. The molecule has 1 heterocycles. The van der Waals surface area contributed by atoms with Gasteiger partial charge in [-0.25, -0.2) is 0 Å². The molecule has 2 rings (SSSR count). The zero-order valence-corrected chi connectivity index (χ0v) is 8.88. The Morgan fingerprint density at radius 1 is 1.15 bits per heavy atom. The van der Waals surface area contributed by atoms with Gasteiger partial charge in [-0.1, -0.05) is 29.3 Å². The summed E-state index contributed by atoms with van der Waals surface area (Å²) in [4.78, 5) is 1.05. The van der Waals surface area contributed by atoms with Crippen molar-refractivity contribution in [2.24, 2.45) is 0 Å². The van der Waals surface area contributed by atoms with E-state index in [4.69, 9.17) is 23.2 Å². The first-order chi connectivity index (χ1) is 6.29. The van der Waals surface area contributed by atoms with Gasteiger partial charge in [-0.05, 0) is 29.6 Å². The highest BCUT2D eigenvalue weighted by atomic mass is 35.5. The quantitative estimate of drug-likeness (QED) is 0.673. The highest BCUT2D eigenvalue weighted by Crippen LogP contribution is 2.36. The fraction of sp³-hybridized carbons (Fsp3) is 0. The van der Waals surface area contributed by atoms with Crippen LogP contribution in [0.15, 0.2) is 29.6 Å². The monoisotopic (exact) mass is 227 g/mol. The number of rotatable bonds is 1. The first-order valence-electron chi connectivity index (χ1n) is 3.68. The molecule has 2 aromatic rings. The zero-order chi connectivity index (χ0) is 9.26. The average molecular weight is 228 g/mol. The summed E-state index contributed by atoms with van der Waals surface area (Å²) in [6.45, 7) is 0. The van der Waals surface area contributed by atoms with Gasteiger partial charge >= 0.3 is 0 Å². The van der Waals surface area contributed by atoms with Gasteiger partial charge in [-0.2, -0.15) is 0 Å². The first kappa shape index (κ1) is 9.07. The molecule has 0 N–H and O–H groups in total. The molecule has 0 saturated heterocycles. The third-order valence-electron chi connectivity index (χ3n) is 1.68. The largest absolute Gasteiger partial charge is 0.143 e. The van der Waals surface area contributed by atoms with E-state index in [0.717, 1.165) is 10.4 Å². The van der Waals surface area contributed by atoms with Gasteiger partial charge in [-0.3, -0.25) is 0 Å². The Hall–Kier alpha value is -0.500. The van der Waals surface area contributed by atoms with E-state index in [1.165, 1.54) is 0 Å². The molecule has 13 heavy (non-hydrogen) atoms. The summed E-state index contributed by atoms with van der Waals surface area (Å²) < 4.78 is 0. The molecule has 0 amide bonds. The van der Waals surface area contributed by atoms with Crippen LogP contribution in [0.3, 0.4) is 0 Å². The first-order valence-corrected chi connectivity index (χ1v) is 5.31. The second-order valence-corrected chi connectivity index (χ2v) is 4.23. The maximum Gasteiger partial charge on any atom is 0.0507 e. The normalized spacial score (nSPS) is 10.3. The molecule has 1 aromatic heterocycles. The van der Waals surface area contributed by atoms with E-state index in [1.54, 1.807) is 11.3 Å². The SMILES string of the molecule is Clc1cccc(Cl)c1-c1c[c]cs1. The van der Waals surface area contributed by atoms with Crippen LogP contribution in [0.5, 0.6) is 0 Å². The van der Waals surface area contributed by atoms with E-state index in [0.29, 0.717) is 10.0 Å². The van der Waals surface area contributed by atoms with Gasteiger partial charge in [-0.15, -0.1) is 11.3 Å².